The maximum absolute atomic E-state index is 5.46. The predicted molar refractivity (Wildman–Crippen MR) is 113 cm³/mol. The van der Waals surface area contributed by atoms with Crippen LogP contribution >= 0.6 is 0 Å². The lowest BCUT2D eigenvalue weighted by Gasteiger charge is -2.17. The molecule has 3 heterocycles. The van der Waals surface area contributed by atoms with Crippen LogP contribution in [0.1, 0.15) is 23.6 Å². The third kappa shape index (κ3) is 5.34. The topological polar surface area (TPSA) is 76.1 Å². The highest BCUT2D eigenvalue weighted by atomic mass is 16.5. The minimum Gasteiger partial charge on any atom is -0.381 e. The van der Waals surface area contributed by atoms with Gasteiger partial charge in [0, 0.05) is 61.7 Å². The van der Waals surface area contributed by atoms with Crippen molar-refractivity contribution in [1.29, 1.82) is 0 Å². The van der Waals surface area contributed by atoms with Gasteiger partial charge in [-0.3, -0.25) is 0 Å². The van der Waals surface area contributed by atoms with Crippen LogP contribution < -0.4 is 5.32 Å². The van der Waals surface area contributed by atoms with E-state index < -0.39 is 0 Å². The molecular formula is C22H26N6O. The Bertz CT molecular complexity index is 897. The Labute approximate surface area is 171 Å². The average molecular weight is 390 g/mol. The molecule has 0 amide bonds. The molecule has 1 atom stereocenters. The number of nitrogens with zero attached hydrogens (tertiary/aromatic N) is 5. The van der Waals surface area contributed by atoms with Crippen LogP contribution in [0.5, 0.6) is 0 Å². The first-order chi connectivity index (χ1) is 14.3. The van der Waals surface area contributed by atoms with Gasteiger partial charge in [-0.2, -0.15) is 0 Å². The van der Waals surface area contributed by atoms with E-state index in [0.29, 0.717) is 5.92 Å². The van der Waals surface area contributed by atoms with Crippen LogP contribution in [0.2, 0.25) is 0 Å². The van der Waals surface area contributed by atoms with Crippen molar-refractivity contribution in [2.24, 2.45) is 0 Å². The van der Waals surface area contributed by atoms with Crippen molar-refractivity contribution in [2.75, 3.05) is 38.7 Å². The van der Waals surface area contributed by atoms with Crippen LogP contribution in [0.15, 0.2) is 55.1 Å². The standard InChI is InChI=1S/C22H26N6O/c1-28(14-17-12-24-22(25-13-17)18-5-3-2-4-6-18)9-8-23-21-11-20(26-16-27-21)19-7-10-29-15-19/h2-6,11-13,16,19H,7-10,14-15H2,1H3,(H,23,26,27)/t19-/m0/s1. The SMILES string of the molecule is CN(CCNc1cc([C@H]2CCOC2)ncn1)Cc1cnc(-c2ccccc2)nc1. The molecule has 7 nitrogen and oxygen atoms in total. The number of ether oxygens (including phenoxy) is 1. The minimum absolute atomic E-state index is 0.389. The second-order valence-electron chi connectivity index (χ2n) is 7.33. The summed E-state index contributed by atoms with van der Waals surface area (Å²) in [6, 6.07) is 12.1. The molecule has 150 valence electrons. The second kappa shape index (κ2) is 9.54. The number of aromatic nitrogens is 4. The Hall–Kier alpha value is -2.90. The summed E-state index contributed by atoms with van der Waals surface area (Å²) in [5, 5.41) is 3.39. The molecule has 0 unspecified atom stereocenters. The predicted octanol–water partition coefficient (Wildman–Crippen LogP) is 2.98. The van der Waals surface area contributed by atoms with Crippen molar-refractivity contribution >= 4 is 5.82 Å². The van der Waals surface area contributed by atoms with E-state index in [1.165, 1.54) is 0 Å². The molecule has 1 aromatic carbocycles. The molecule has 29 heavy (non-hydrogen) atoms. The van der Waals surface area contributed by atoms with E-state index >= 15 is 0 Å². The van der Waals surface area contributed by atoms with Crippen molar-refractivity contribution < 1.29 is 4.74 Å². The molecule has 0 aliphatic carbocycles. The van der Waals surface area contributed by atoms with E-state index in [9.17, 15) is 0 Å². The summed E-state index contributed by atoms with van der Waals surface area (Å²) in [5.74, 6) is 2.01. The van der Waals surface area contributed by atoms with Gasteiger partial charge < -0.3 is 15.0 Å². The van der Waals surface area contributed by atoms with Gasteiger partial charge in [-0.1, -0.05) is 30.3 Å². The summed E-state index contributed by atoms with van der Waals surface area (Å²) in [7, 11) is 2.09. The summed E-state index contributed by atoms with van der Waals surface area (Å²) < 4.78 is 5.46. The van der Waals surface area contributed by atoms with Crippen molar-refractivity contribution in [3.8, 4) is 11.4 Å². The molecular weight excluding hydrogens is 364 g/mol. The average Bonchev–Trinajstić information content (AvgIpc) is 3.30. The molecule has 0 radical (unpaired) electrons. The van der Waals surface area contributed by atoms with Gasteiger partial charge in [-0.05, 0) is 13.5 Å². The first kappa shape index (κ1) is 19.4. The Morgan fingerprint density at radius 2 is 1.93 bits per heavy atom. The zero-order chi connectivity index (χ0) is 19.9. The zero-order valence-electron chi connectivity index (χ0n) is 16.7. The van der Waals surface area contributed by atoms with E-state index in [4.69, 9.17) is 4.74 Å². The summed E-state index contributed by atoms with van der Waals surface area (Å²) in [6.07, 6.45) is 6.47. The van der Waals surface area contributed by atoms with E-state index in [-0.39, 0.29) is 0 Å². The van der Waals surface area contributed by atoms with Gasteiger partial charge in [0.2, 0.25) is 0 Å². The molecule has 1 fully saturated rings. The highest BCUT2D eigenvalue weighted by Crippen LogP contribution is 2.24. The molecule has 0 bridgehead atoms. The van der Waals surface area contributed by atoms with E-state index in [2.05, 4.69) is 37.2 Å². The molecule has 3 aromatic rings. The largest absolute Gasteiger partial charge is 0.381 e. The summed E-state index contributed by atoms with van der Waals surface area (Å²) in [6.45, 7) is 4.05. The maximum Gasteiger partial charge on any atom is 0.159 e. The highest BCUT2D eigenvalue weighted by molar-refractivity contribution is 5.53. The third-order valence-corrected chi connectivity index (χ3v) is 5.03. The Balaban J connectivity index is 1.25. The minimum atomic E-state index is 0.389. The normalized spacial score (nSPS) is 16.3. The Morgan fingerprint density at radius 3 is 2.69 bits per heavy atom. The summed E-state index contributed by atoms with van der Waals surface area (Å²) >= 11 is 0. The van der Waals surface area contributed by atoms with Crippen LogP contribution in [0.25, 0.3) is 11.4 Å². The molecule has 7 heteroatoms. The monoisotopic (exact) mass is 390 g/mol. The number of benzene rings is 1. The number of rotatable bonds is 8. The van der Waals surface area contributed by atoms with Crippen LogP contribution in [0, 0.1) is 0 Å². The Kier molecular flexibility index (Phi) is 6.38. The van der Waals surface area contributed by atoms with Gasteiger partial charge in [0.25, 0.3) is 0 Å². The number of nitrogens with one attached hydrogen (secondary N) is 1. The van der Waals surface area contributed by atoms with Gasteiger partial charge in [0.1, 0.15) is 12.1 Å². The highest BCUT2D eigenvalue weighted by Gasteiger charge is 2.19. The Morgan fingerprint density at radius 1 is 1.10 bits per heavy atom. The quantitative estimate of drug-likeness (QED) is 0.634. The van der Waals surface area contributed by atoms with Gasteiger partial charge in [-0.15, -0.1) is 0 Å². The van der Waals surface area contributed by atoms with Gasteiger partial charge in [-0.25, -0.2) is 19.9 Å². The number of likely N-dealkylation sites (N-methyl/N-ethyl adjacent to an activating group) is 1. The van der Waals surface area contributed by atoms with E-state index in [1.54, 1.807) is 6.33 Å². The van der Waals surface area contributed by atoms with Crippen molar-refractivity contribution in [2.45, 2.75) is 18.9 Å². The molecule has 1 saturated heterocycles. The van der Waals surface area contributed by atoms with Crippen molar-refractivity contribution in [3.05, 3.63) is 66.4 Å². The first-order valence-electron chi connectivity index (χ1n) is 9.96. The number of hydrogen-bond donors (Lipinski definition) is 1. The van der Waals surface area contributed by atoms with Crippen LogP contribution in [-0.4, -0.2) is 58.2 Å². The summed E-state index contributed by atoms with van der Waals surface area (Å²) in [5.41, 5.74) is 3.19. The van der Waals surface area contributed by atoms with Gasteiger partial charge >= 0.3 is 0 Å². The molecule has 1 N–H and O–H groups in total. The zero-order valence-corrected chi connectivity index (χ0v) is 16.7. The molecule has 0 spiro atoms. The fourth-order valence-corrected chi connectivity index (χ4v) is 3.40. The van der Waals surface area contributed by atoms with Gasteiger partial charge in [0.15, 0.2) is 5.82 Å². The molecule has 4 rings (SSSR count). The van der Waals surface area contributed by atoms with Crippen molar-refractivity contribution in [1.82, 2.24) is 24.8 Å². The third-order valence-electron chi connectivity index (χ3n) is 5.03. The lowest BCUT2D eigenvalue weighted by Crippen LogP contribution is -2.25. The van der Waals surface area contributed by atoms with Crippen molar-refractivity contribution in [3.63, 3.8) is 0 Å². The van der Waals surface area contributed by atoms with E-state index in [1.807, 2.05) is 48.8 Å². The lowest BCUT2D eigenvalue weighted by molar-refractivity contribution is 0.193. The van der Waals surface area contributed by atoms with Crippen LogP contribution in [-0.2, 0) is 11.3 Å². The van der Waals surface area contributed by atoms with E-state index in [0.717, 1.165) is 67.7 Å². The van der Waals surface area contributed by atoms with Gasteiger partial charge in [0.05, 0.1) is 12.3 Å². The smallest absolute Gasteiger partial charge is 0.159 e. The first-order valence-corrected chi connectivity index (χ1v) is 9.96. The lowest BCUT2D eigenvalue weighted by atomic mass is 10.1. The molecule has 1 aliphatic heterocycles. The molecule has 2 aromatic heterocycles. The maximum atomic E-state index is 5.46. The fourth-order valence-electron chi connectivity index (χ4n) is 3.40. The summed E-state index contributed by atoms with van der Waals surface area (Å²) in [4.78, 5) is 20.0. The molecule has 0 saturated carbocycles. The molecule has 1 aliphatic rings. The second-order valence-corrected chi connectivity index (χ2v) is 7.33. The number of hydrogen-bond acceptors (Lipinski definition) is 7. The number of anilines is 1. The fraction of sp³-hybridized carbons (Fsp3) is 0.364. The van der Waals surface area contributed by atoms with Crippen LogP contribution in [0.4, 0.5) is 5.82 Å². The van der Waals surface area contributed by atoms with Crippen LogP contribution in [0.3, 0.4) is 0 Å².